The highest BCUT2D eigenvalue weighted by molar-refractivity contribution is 6.30. The third-order valence-electron chi connectivity index (χ3n) is 2.79. The highest BCUT2D eigenvalue weighted by atomic mass is 35.5. The molecule has 0 aliphatic carbocycles. The fourth-order valence-electron chi connectivity index (χ4n) is 1.92. The number of anilines is 1. The van der Waals surface area contributed by atoms with Crippen molar-refractivity contribution in [1.82, 2.24) is 9.97 Å². The summed E-state index contributed by atoms with van der Waals surface area (Å²) in [5.74, 6) is 0.696. The molecule has 0 unspecified atom stereocenters. The van der Waals surface area contributed by atoms with Crippen LogP contribution in [0, 0.1) is 0 Å². The first-order valence-electron chi connectivity index (χ1n) is 5.75. The Bertz CT molecular complexity index is 619. The van der Waals surface area contributed by atoms with E-state index in [4.69, 9.17) is 16.3 Å². The molecule has 1 amide bonds. The molecule has 0 saturated heterocycles. The minimum Gasteiger partial charge on any atom is -0.480 e. The van der Waals surface area contributed by atoms with E-state index in [9.17, 15) is 4.79 Å². The second kappa shape index (κ2) is 4.85. The van der Waals surface area contributed by atoms with E-state index >= 15 is 0 Å². The molecule has 1 aromatic carbocycles. The summed E-state index contributed by atoms with van der Waals surface area (Å²) >= 11 is 5.90. The molecule has 96 valence electrons. The summed E-state index contributed by atoms with van der Waals surface area (Å²) in [5.41, 5.74) is 0.932. The molecule has 2 aromatic rings. The minimum absolute atomic E-state index is 0.265. The van der Waals surface area contributed by atoms with Crippen LogP contribution in [-0.4, -0.2) is 22.0 Å². The Kier molecular flexibility index (Phi) is 3.05. The van der Waals surface area contributed by atoms with Crippen LogP contribution >= 0.6 is 11.6 Å². The average molecular weight is 276 g/mol. The zero-order valence-corrected chi connectivity index (χ0v) is 10.6. The van der Waals surface area contributed by atoms with E-state index in [0.717, 1.165) is 5.56 Å². The van der Waals surface area contributed by atoms with Gasteiger partial charge in [-0.05, 0) is 29.8 Å². The summed E-state index contributed by atoms with van der Waals surface area (Å²) in [6, 6.07) is 6.99. The molecule has 0 radical (unpaired) electrons. The molecule has 0 bridgehead atoms. The standard InChI is InChI=1S/C13H10ClN3O2/c14-9-2-3-10-8(6-9)7-11(19-10)12(18)17-13-15-4-1-5-16-13/h1-6,11H,7H2,(H,15,16,17,18)/t11-/m1/s1. The lowest BCUT2D eigenvalue weighted by Gasteiger charge is -2.09. The van der Waals surface area contributed by atoms with Gasteiger partial charge in [0.1, 0.15) is 5.75 Å². The molecule has 1 N–H and O–H groups in total. The number of aromatic nitrogens is 2. The van der Waals surface area contributed by atoms with E-state index in [-0.39, 0.29) is 11.9 Å². The number of hydrogen-bond acceptors (Lipinski definition) is 4. The topological polar surface area (TPSA) is 64.1 Å². The third-order valence-corrected chi connectivity index (χ3v) is 3.03. The third kappa shape index (κ3) is 2.51. The predicted octanol–water partition coefficient (Wildman–Crippen LogP) is 2.07. The maximum absolute atomic E-state index is 12.0. The summed E-state index contributed by atoms with van der Waals surface area (Å²) in [6.07, 6.45) is 3.05. The van der Waals surface area contributed by atoms with Gasteiger partial charge in [0.15, 0.2) is 6.10 Å². The molecule has 0 saturated carbocycles. The largest absolute Gasteiger partial charge is 0.480 e. The highest BCUT2D eigenvalue weighted by Crippen LogP contribution is 2.31. The Balaban J connectivity index is 1.71. The van der Waals surface area contributed by atoms with Crippen molar-refractivity contribution >= 4 is 23.5 Å². The van der Waals surface area contributed by atoms with E-state index in [1.807, 2.05) is 6.07 Å². The SMILES string of the molecule is O=C(Nc1ncccn1)[C@H]1Cc2cc(Cl)ccc2O1. The summed E-state index contributed by atoms with van der Waals surface area (Å²) in [4.78, 5) is 19.9. The van der Waals surface area contributed by atoms with Crippen LogP contribution in [0.2, 0.25) is 5.02 Å². The molecule has 0 spiro atoms. The number of ether oxygens (including phenoxy) is 1. The second-order valence-electron chi connectivity index (χ2n) is 4.12. The van der Waals surface area contributed by atoms with Gasteiger partial charge in [0.05, 0.1) is 0 Å². The Morgan fingerprint density at radius 1 is 1.37 bits per heavy atom. The number of carbonyl (C=O) groups is 1. The van der Waals surface area contributed by atoms with E-state index in [1.165, 1.54) is 0 Å². The second-order valence-corrected chi connectivity index (χ2v) is 4.56. The quantitative estimate of drug-likeness (QED) is 0.911. The van der Waals surface area contributed by atoms with Gasteiger partial charge in [0, 0.05) is 23.8 Å². The van der Waals surface area contributed by atoms with E-state index < -0.39 is 6.10 Å². The Hall–Kier alpha value is -2.14. The molecule has 19 heavy (non-hydrogen) atoms. The molecule has 1 atom stereocenters. The lowest BCUT2D eigenvalue weighted by atomic mass is 10.1. The molecule has 1 aliphatic rings. The number of fused-ring (bicyclic) bond motifs is 1. The normalized spacial score (nSPS) is 16.6. The van der Waals surface area contributed by atoms with Gasteiger partial charge < -0.3 is 4.74 Å². The lowest BCUT2D eigenvalue weighted by molar-refractivity contribution is -0.122. The summed E-state index contributed by atoms with van der Waals surface area (Å²) < 4.78 is 5.57. The molecule has 2 heterocycles. The zero-order chi connectivity index (χ0) is 13.2. The summed E-state index contributed by atoms with van der Waals surface area (Å²) in [5, 5.41) is 3.25. The zero-order valence-electron chi connectivity index (χ0n) is 9.84. The number of rotatable bonds is 2. The van der Waals surface area contributed by atoms with Crippen molar-refractivity contribution in [3.63, 3.8) is 0 Å². The fraction of sp³-hybridized carbons (Fsp3) is 0.154. The molecule has 5 nitrogen and oxygen atoms in total. The van der Waals surface area contributed by atoms with Gasteiger partial charge in [-0.1, -0.05) is 11.6 Å². The number of nitrogens with zero attached hydrogens (tertiary/aromatic N) is 2. The minimum atomic E-state index is -0.572. The van der Waals surface area contributed by atoms with Gasteiger partial charge >= 0.3 is 0 Å². The van der Waals surface area contributed by atoms with Gasteiger partial charge in [-0.2, -0.15) is 0 Å². The summed E-state index contributed by atoms with van der Waals surface area (Å²) in [6.45, 7) is 0. The molecule has 6 heteroatoms. The first-order valence-corrected chi connectivity index (χ1v) is 6.13. The fourth-order valence-corrected chi connectivity index (χ4v) is 2.11. The first-order chi connectivity index (χ1) is 9.22. The van der Waals surface area contributed by atoms with Crippen molar-refractivity contribution in [3.05, 3.63) is 47.2 Å². The highest BCUT2D eigenvalue weighted by Gasteiger charge is 2.29. The van der Waals surface area contributed by atoms with Crippen molar-refractivity contribution in [2.24, 2.45) is 0 Å². The Labute approximate surface area is 114 Å². The summed E-state index contributed by atoms with van der Waals surface area (Å²) in [7, 11) is 0. The van der Waals surface area contributed by atoms with Crippen molar-refractivity contribution in [1.29, 1.82) is 0 Å². The van der Waals surface area contributed by atoms with E-state index in [2.05, 4.69) is 15.3 Å². The lowest BCUT2D eigenvalue weighted by Crippen LogP contribution is -2.32. The van der Waals surface area contributed by atoms with Crippen molar-refractivity contribution in [3.8, 4) is 5.75 Å². The number of amides is 1. The molecule has 0 fully saturated rings. The number of hydrogen-bond donors (Lipinski definition) is 1. The Morgan fingerprint density at radius 3 is 2.95 bits per heavy atom. The van der Waals surface area contributed by atoms with Crippen LogP contribution in [-0.2, 0) is 11.2 Å². The van der Waals surface area contributed by atoms with Crippen LogP contribution in [0.1, 0.15) is 5.56 Å². The monoisotopic (exact) mass is 275 g/mol. The van der Waals surface area contributed by atoms with Gasteiger partial charge in [-0.25, -0.2) is 9.97 Å². The van der Waals surface area contributed by atoms with Gasteiger partial charge in [-0.3, -0.25) is 10.1 Å². The van der Waals surface area contributed by atoms with E-state index in [0.29, 0.717) is 17.2 Å². The van der Waals surface area contributed by atoms with Crippen molar-refractivity contribution in [2.75, 3.05) is 5.32 Å². The van der Waals surface area contributed by atoms with Gasteiger partial charge in [0.2, 0.25) is 5.95 Å². The maximum Gasteiger partial charge on any atom is 0.268 e. The number of benzene rings is 1. The van der Waals surface area contributed by atoms with Crippen molar-refractivity contribution < 1.29 is 9.53 Å². The smallest absolute Gasteiger partial charge is 0.268 e. The van der Waals surface area contributed by atoms with Crippen LogP contribution in [0.3, 0.4) is 0 Å². The molecule has 1 aliphatic heterocycles. The molecule has 1 aromatic heterocycles. The molecule has 3 rings (SSSR count). The number of carbonyl (C=O) groups excluding carboxylic acids is 1. The Morgan fingerprint density at radius 2 is 2.16 bits per heavy atom. The first kappa shape index (κ1) is 11.9. The van der Waals surface area contributed by atoms with E-state index in [1.54, 1.807) is 30.6 Å². The van der Waals surface area contributed by atoms with Crippen LogP contribution in [0.4, 0.5) is 5.95 Å². The van der Waals surface area contributed by atoms with Crippen LogP contribution in [0.5, 0.6) is 5.75 Å². The van der Waals surface area contributed by atoms with Gasteiger partial charge in [0.25, 0.3) is 5.91 Å². The molecular weight excluding hydrogens is 266 g/mol. The van der Waals surface area contributed by atoms with Crippen molar-refractivity contribution in [2.45, 2.75) is 12.5 Å². The van der Waals surface area contributed by atoms with Crippen LogP contribution < -0.4 is 10.1 Å². The molecular formula is C13H10ClN3O2. The predicted molar refractivity (Wildman–Crippen MR) is 70.2 cm³/mol. The maximum atomic E-state index is 12.0. The number of nitrogens with one attached hydrogen (secondary N) is 1. The van der Waals surface area contributed by atoms with Gasteiger partial charge in [-0.15, -0.1) is 0 Å². The van der Waals surface area contributed by atoms with Crippen LogP contribution in [0.25, 0.3) is 0 Å². The average Bonchev–Trinajstić information content (AvgIpc) is 2.83. The van der Waals surface area contributed by atoms with Crippen LogP contribution in [0.15, 0.2) is 36.7 Å². The number of halogens is 1.